The normalized spacial score (nSPS) is 11.4. The number of nitrogens with one attached hydrogen (secondary N) is 1. The first-order chi connectivity index (χ1) is 15.4. The summed E-state index contributed by atoms with van der Waals surface area (Å²) in [7, 11) is 0. The van der Waals surface area contributed by atoms with Crippen LogP contribution in [0.3, 0.4) is 0 Å². The molecule has 0 saturated heterocycles. The number of hydrogen-bond acceptors (Lipinski definition) is 4. The van der Waals surface area contributed by atoms with Crippen molar-refractivity contribution < 1.29 is 40.6 Å². The minimum Gasteiger partial charge on any atom is -0.457 e. The van der Waals surface area contributed by atoms with Gasteiger partial charge >= 0.3 is 12.5 Å². The average Bonchev–Trinajstić information content (AvgIpc) is 2.73. The van der Waals surface area contributed by atoms with Gasteiger partial charge in [0.1, 0.15) is 17.2 Å². The molecule has 3 aromatic carbocycles. The van der Waals surface area contributed by atoms with Crippen molar-refractivity contribution >= 4 is 11.6 Å². The predicted octanol–water partition coefficient (Wildman–Crippen LogP) is 6.52. The maximum atomic E-state index is 13.2. The van der Waals surface area contributed by atoms with Crippen LogP contribution in [0.1, 0.15) is 21.5 Å². The molecule has 11 heteroatoms. The summed E-state index contributed by atoms with van der Waals surface area (Å²) in [4.78, 5) is 12.7. The summed E-state index contributed by atoms with van der Waals surface area (Å²) >= 11 is 0. The lowest BCUT2D eigenvalue weighted by Gasteiger charge is -2.15. The van der Waals surface area contributed by atoms with Gasteiger partial charge in [0.15, 0.2) is 0 Å². The molecule has 0 aliphatic rings. The Morgan fingerprint density at radius 2 is 1.55 bits per heavy atom. The summed E-state index contributed by atoms with van der Waals surface area (Å²) in [6.07, 6.45) is -9.66. The summed E-state index contributed by atoms with van der Waals surface area (Å²) in [5, 5.41) is 11.4. The summed E-state index contributed by atoms with van der Waals surface area (Å²) in [5.41, 5.74) is -0.907. The Hall–Kier alpha value is -4.20. The van der Waals surface area contributed by atoms with Gasteiger partial charge in [0.2, 0.25) is 0 Å². The summed E-state index contributed by atoms with van der Waals surface area (Å²) < 4.78 is 85.5. The van der Waals surface area contributed by atoms with E-state index in [9.17, 15) is 31.1 Å². The van der Waals surface area contributed by atoms with Crippen molar-refractivity contribution in [3.63, 3.8) is 0 Å². The zero-order valence-electron chi connectivity index (χ0n) is 16.3. The van der Waals surface area contributed by atoms with Crippen LogP contribution in [0.5, 0.6) is 17.2 Å². The van der Waals surface area contributed by atoms with Gasteiger partial charge in [-0.05, 0) is 60.7 Å². The fourth-order valence-corrected chi connectivity index (χ4v) is 2.67. The SMILES string of the molecule is N#Cc1cccc(NC(=O)c2ccc(C(F)(F)F)cc2Oc2ccc(OC(F)(F)F)cc2)c1. The van der Waals surface area contributed by atoms with Crippen molar-refractivity contribution in [2.24, 2.45) is 0 Å². The van der Waals surface area contributed by atoms with Crippen LogP contribution in [-0.2, 0) is 6.18 Å². The predicted molar refractivity (Wildman–Crippen MR) is 104 cm³/mol. The molecule has 0 unspecified atom stereocenters. The van der Waals surface area contributed by atoms with Crippen LogP contribution in [0.2, 0.25) is 0 Å². The molecule has 1 amide bonds. The number of benzene rings is 3. The fraction of sp³-hybridized carbons (Fsp3) is 0.0909. The molecule has 0 spiro atoms. The molecule has 0 radical (unpaired) electrons. The van der Waals surface area contributed by atoms with E-state index < -0.39 is 35.5 Å². The van der Waals surface area contributed by atoms with E-state index in [4.69, 9.17) is 10.00 Å². The van der Waals surface area contributed by atoms with E-state index >= 15 is 0 Å². The van der Waals surface area contributed by atoms with Gasteiger partial charge in [0, 0.05) is 5.69 Å². The highest BCUT2D eigenvalue weighted by atomic mass is 19.4. The number of nitrogens with zero attached hydrogens (tertiary/aromatic N) is 1. The maximum Gasteiger partial charge on any atom is 0.573 e. The smallest absolute Gasteiger partial charge is 0.457 e. The number of amides is 1. The van der Waals surface area contributed by atoms with E-state index in [0.717, 1.165) is 30.3 Å². The van der Waals surface area contributed by atoms with E-state index in [1.54, 1.807) is 0 Å². The number of hydrogen-bond donors (Lipinski definition) is 1. The first-order valence-corrected chi connectivity index (χ1v) is 9.01. The topological polar surface area (TPSA) is 71.4 Å². The highest BCUT2D eigenvalue weighted by molar-refractivity contribution is 6.06. The van der Waals surface area contributed by atoms with Crippen molar-refractivity contribution in [3.05, 3.63) is 83.4 Å². The molecule has 1 N–H and O–H groups in total. The molecule has 3 aromatic rings. The number of rotatable bonds is 5. The van der Waals surface area contributed by atoms with Gasteiger partial charge in [0.05, 0.1) is 22.8 Å². The van der Waals surface area contributed by atoms with Crippen molar-refractivity contribution in [2.45, 2.75) is 12.5 Å². The molecule has 0 aromatic heterocycles. The van der Waals surface area contributed by atoms with Crippen molar-refractivity contribution in [3.8, 4) is 23.3 Å². The lowest BCUT2D eigenvalue weighted by Crippen LogP contribution is -2.17. The Labute approximate surface area is 182 Å². The van der Waals surface area contributed by atoms with Crippen LogP contribution in [0, 0.1) is 11.3 Å². The first kappa shape index (κ1) is 23.5. The van der Waals surface area contributed by atoms with Gasteiger partial charge in [-0.15, -0.1) is 13.2 Å². The number of ether oxygens (including phenoxy) is 2. The van der Waals surface area contributed by atoms with E-state index in [1.165, 1.54) is 24.3 Å². The molecule has 0 saturated carbocycles. The largest absolute Gasteiger partial charge is 0.573 e. The van der Waals surface area contributed by atoms with Crippen LogP contribution in [0.4, 0.5) is 32.0 Å². The van der Waals surface area contributed by atoms with E-state index in [0.29, 0.717) is 12.1 Å². The molecule has 0 atom stereocenters. The van der Waals surface area contributed by atoms with Crippen molar-refractivity contribution in [1.29, 1.82) is 5.26 Å². The maximum absolute atomic E-state index is 13.2. The summed E-state index contributed by atoms with van der Waals surface area (Å²) in [6.45, 7) is 0. The van der Waals surface area contributed by atoms with Crippen molar-refractivity contribution in [1.82, 2.24) is 0 Å². The molecule has 3 rings (SSSR count). The molecular formula is C22H12F6N2O3. The molecule has 33 heavy (non-hydrogen) atoms. The number of anilines is 1. The zero-order valence-corrected chi connectivity index (χ0v) is 16.3. The molecule has 0 aliphatic heterocycles. The summed E-state index contributed by atoms with van der Waals surface area (Å²) in [5.74, 6) is -2.01. The minimum absolute atomic E-state index is 0.135. The van der Waals surface area contributed by atoms with Crippen LogP contribution in [0.15, 0.2) is 66.7 Å². The van der Waals surface area contributed by atoms with Crippen LogP contribution < -0.4 is 14.8 Å². The van der Waals surface area contributed by atoms with E-state index in [-0.39, 0.29) is 22.6 Å². The Morgan fingerprint density at radius 3 is 2.15 bits per heavy atom. The number of carbonyl (C=O) groups is 1. The van der Waals surface area contributed by atoms with Gasteiger partial charge in [-0.1, -0.05) is 6.07 Å². The average molecular weight is 466 g/mol. The highest BCUT2D eigenvalue weighted by Crippen LogP contribution is 2.36. The summed E-state index contributed by atoms with van der Waals surface area (Å²) in [6, 6.07) is 13.8. The molecule has 5 nitrogen and oxygen atoms in total. The standard InChI is InChI=1S/C22H12F6N2O3/c23-21(24,25)14-4-9-18(20(31)30-15-3-1-2-13(10-15)12-29)19(11-14)32-16-5-7-17(8-6-16)33-22(26,27)28/h1-11H,(H,30,31). The van der Waals surface area contributed by atoms with Gasteiger partial charge in [-0.25, -0.2) is 0 Å². The van der Waals surface area contributed by atoms with Crippen LogP contribution in [0.25, 0.3) is 0 Å². The van der Waals surface area contributed by atoms with Gasteiger partial charge in [0.25, 0.3) is 5.91 Å². The highest BCUT2D eigenvalue weighted by Gasteiger charge is 2.32. The quantitative estimate of drug-likeness (QED) is 0.435. The van der Waals surface area contributed by atoms with Gasteiger partial charge < -0.3 is 14.8 Å². The lowest BCUT2D eigenvalue weighted by atomic mass is 10.1. The number of nitriles is 1. The minimum atomic E-state index is -4.92. The van der Waals surface area contributed by atoms with E-state index in [1.807, 2.05) is 6.07 Å². The Bertz CT molecular complexity index is 1200. The molecule has 0 aliphatic carbocycles. The third kappa shape index (κ3) is 6.39. The zero-order chi connectivity index (χ0) is 24.2. The van der Waals surface area contributed by atoms with Crippen molar-refractivity contribution in [2.75, 3.05) is 5.32 Å². The third-order valence-electron chi connectivity index (χ3n) is 4.09. The molecule has 0 fully saturated rings. The first-order valence-electron chi connectivity index (χ1n) is 9.01. The second kappa shape index (κ2) is 9.12. The number of halogens is 6. The van der Waals surface area contributed by atoms with Crippen LogP contribution in [-0.4, -0.2) is 12.3 Å². The molecule has 0 heterocycles. The monoisotopic (exact) mass is 466 g/mol. The molecular weight excluding hydrogens is 454 g/mol. The Balaban J connectivity index is 1.91. The molecule has 170 valence electrons. The van der Waals surface area contributed by atoms with Gasteiger partial charge in [-0.3, -0.25) is 4.79 Å². The second-order valence-electron chi connectivity index (χ2n) is 6.48. The van der Waals surface area contributed by atoms with Gasteiger partial charge in [-0.2, -0.15) is 18.4 Å². The fourth-order valence-electron chi connectivity index (χ4n) is 2.67. The second-order valence-corrected chi connectivity index (χ2v) is 6.48. The number of carbonyl (C=O) groups excluding carboxylic acids is 1. The Morgan fingerprint density at radius 1 is 0.879 bits per heavy atom. The Kier molecular flexibility index (Phi) is 6.48. The van der Waals surface area contributed by atoms with Crippen LogP contribution >= 0.6 is 0 Å². The molecule has 0 bridgehead atoms. The lowest BCUT2D eigenvalue weighted by molar-refractivity contribution is -0.274. The van der Waals surface area contributed by atoms with E-state index in [2.05, 4.69) is 10.1 Å². The number of alkyl halides is 6. The third-order valence-corrected chi connectivity index (χ3v) is 4.09.